The van der Waals surface area contributed by atoms with Gasteiger partial charge in [-0.25, -0.2) is 17.9 Å². The van der Waals surface area contributed by atoms with E-state index < -0.39 is 16.0 Å². The molecule has 116 valence electrons. The van der Waals surface area contributed by atoms with Crippen LogP contribution in [0.15, 0.2) is 16.3 Å². The smallest absolute Gasteiger partial charge is 0.345 e. The van der Waals surface area contributed by atoms with Crippen LogP contribution in [0.1, 0.15) is 35.4 Å². The van der Waals surface area contributed by atoms with Gasteiger partial charge in [0.1, 0.15) is 4.88 Å². The molecule has 0 bridgehead atoms. The first-order chi connectivity index (χ1) is 9.97. The van der Waals surface area contributed by atoms with Gasteiger partial charge < -0.3 is 5.11 Å². The maximum atomic E-state index is 12.4. The van der Waals surface area contributed by atoms with Gasteiger partial charge in [-0.3, -0.25) is 4.90 Å². The van der Waals surface area contributed by atoms with Gasteiger partial charge in [0.05, 0.1) is 4.90 Å². The van der Waals surface area contributed by atoms with E-state index in [4.69, 9.17) is 5.11 Å². The average Bonchev–Trinajstić information content (AvgIpc) is 3.06. The molecular formula is C13H18N2O4S2. The van der Waals surface area contributed by atoms with Crippen LogP contribution in [0.3, 0.4) is 0 Å². The van der Waals surface area contributed by atoms with E-state index in [1.165, 1.54) is 17.9 Å². The molecule has 2 aliphatic rings. The van der Waals surface area contributed by atoms with E-state index in [1.807, 2.05) is 0 Å². The molecule has 2 aliphatic heterocycles. The maximum Gasteiger partial charge on any atom is 0.345 e. The van der Waals surface area contributed by atoms with E-state index in [0.29, 0.717) is 0 Å². The number of aromatic carboxylic acids is 1. The van der Waals surface area contributed by atoms with Gasteiger partial charge in [-0.05, 0) is 31.9 Å². The SMILES string of the molecule is O=C(O)c1cc(S(=O)(=O)NC2CCN3CCCCC23)cs1. The van der Waals surface area contributed by atoms with Crippen molar-refractivity contribution in [1.29, 1.82) is 0 Å². The van der Waals surface area contributed by atoms with Crippen LogP contribution in [0.2, 0.25) is 0 Å². The van der Waals surface area contributed by atoms with Crippen LogP contribution in [0.5, 0.6) is 0 Å². The summed E-state index contributed by atoms with van der Waals surface area (Å²) in [5.41, 5.74) is 0. The zero-order valence-corrected chi connectivity index (χ0v) is 13.1. The zero-order valence-electron chi connectivity index (χ0n) is 11.5. The third-order valence-corrected chi connectivity index (χ3v) is 6.80. The molecule has 1 aromatic heterocycles. The Morgan fingerprint density at radius 1 is 1.33 bits per heavy atom. The number of nitrogens with zero attached hydrogens (tertiary/aromatic N) is 1. The number of carbonyl (C=O) groups is 1. The number of sulfonamides is 1. The Morgan fingerprint density at radius 2 is 2.14 bits per heavy atom. The van der Waals surface area contributed by atoms with Crippen molar-refractivity contribution in [2.45, 2.75) is 42.7 Å². The first-order valence-corrected chi connectivity index (χ1v) is 9.42. The lowest BCUT2D eigenvalue weighted by Crippen LogP contribution is -2.46. The summed E-state index contributed by atoms with van der Waals surface area (Å²) in [5.74, 6) is -1.10. The quantitative estimate of drug-likeness (QED) is 0.870. The number of thiophene rings is 1. The van der Waals surface area contributed by atoms with Gasteiger partial charge in [0.25, 0.3) is 0 Å². The van der Waals surface area contributed by atoms with Gasteiger partial charge in [0.15, 0.2) is 0 Å². The van der Waals surface area contributed by atoms with Crippen LogP contribution in [-0.2, 0) is 10.0 Å². The lowest BCUT2D eigenvalue weighted by atomic mass is 10.00. The number of carboxylic acids is 1. The van der Waals surface area contributed by atoms with Crippen LogP contribution in [0.25, 0.3) is 0 Å². The number of fused-ring (bicyclic) bond motifs is 1. The van der Waals surface area contributed by atoms with Crippen molar-refractivity contribution in [2.75, 3.05) is 13.1 Å². The van der Waals surface area contributed by atoms with Crippen LogP contribution >= 0.6 is 11.3 Å². The topological polar surface area (TPSA) is 86.7 Å². The van der Waals surface area contributed by atoms with E-state index >= 15 is 0 Å². The Balaban J connectivity index is 1.75. The van der Waals surface area contributed by atoms with Crippen LogP contribution in [-0.4, -0.2) is 49.6 Å². The molecule has 3 heterocycles. The van der Waals surface area contributed by atoms with Crippen molar-refractivity contribution in [3.05, 3.63) is 16.3 Å². The molecule has 6 nitrogen and oxygen atoms in total. The molecule has 2 fully saturated rings. The molecule has 0 aliphatic carbocycles. The summed E-state index contributed by atoms with van der Waals surface area (Å²) < 4.78 is 27.5. The highest BCUT2D eigenvalue weighted by atomic mass is 32.2. The van der Waals surface area contributed by atoms with Gasteiger partial charge in [-0.15, -0.1) is 11.3 Å². The highest BCUT2D eigenvalue weighted by Gasteiger charge is 2.37. The maximum absolute atomic E-state index is 12.4. The first-order valence-electron chi connectivity index (χ1n) is 7.05. The third kappa shape index (κ3) is 2.98. The summed E-state index contributed by atoms with van der Waals surface area (Å²) in [4.78, 5) is 13.3. The fraction of sp³-hybridized carbons (Fsp3) is 0.615. The predicted octanol–water partition coefficient (Wildman–Crippen LogP) is 1.35. The van der Waals surface area contributed by atoms with Crippen LogP contribution in [0, 0.1) is 0 Å². The second kappa shape index (κ2) is 5.68. The molecule has 21 heavy (non-hydrogen) atoms. The molecule has 0 amide bonds. The van der Waals surface area contributed by atoms with Crippen molar-refractivity contribution in [2.24, 2.45) is 0 Å². The highest BCUT2D eigenvalue weighted by molar-refractivity contribution is 7.89. The normalized spacial score (nSPS) is 26.7. The number of nitrogens with one attached hydrogen (secondary N) is 1. The summed E-state index contributed by atoms with van der Waals surface area (Å²) in [5, 5.41) is 10.3. The van der Waals surface area contributed by atoms with Gasteiger partial charge in [-0.2, -0.15) is 0 Å². The summed E-state index contributed by atoms with van der Waals surface area (Å²) in [6.45, 7) is 1.98. The Labute approximate surface area is 127 Å². The fourth-order valence-electron chi connectivity index (χ4n) is 3.22. The van der Waals surface area contributed by atoms with Crippen molar-refractivity contribution in [3.63, 3.8) is 0 Å². The number of piperidine rings is 1. The number of rotatable bonds is 4. The third-order valence-electron chi connectivity index (χ3n) is 4.26. The van der Waals surface area contributed by atoms with Crippen LogP contribution < -0.4 is 4.72 Å². The van der Waals surface area contributed by atoms with Crippen molar-refractivity contribution in [1.82, 2.24) is 9.62 Å². The molecule has 0 saturated carbocycles. The van der Waals surface area contributed by atoms with E-state index in [0.717, 1.165) is 43.7 Å². The molecule has 2 unspecified atom stereocenters. The molecule has 2 saturated heterocycles. The second-order valence-corrected chi connectivity index (χ2v) is 8.19. The number of carboxylic acid groups (broad SMARTS) is 1. The molecule has 8 heteroatoms. The molecule has 0 spiro atoms. The summed E-state index contributed by atoms with van der Waals surface area (Å²) in [6, 6.07) is 1.44. The molecule has 3 rings (SSSR count). The number of hydrogen-bond acceptors (Lipinski definition) is 5. The van der Waals surface area contributed by atoms with Gasteiger partial charge in [0, 0.05) is 24.0 Å². The minimum absolute atomic E-state index is 0.0427. The van der Waals surface area contributed by atoms with Crippen LogP contribution in [0.4, 0.5) is 0 Å². The highest BCUT2D eigenvalue weighted by Crippen LogP contribution is 2.28. The Morgan fingerprint density at radius 3 is 2.86 bits per heavy atom. The lowest BCUT2D eigenvalue weighted by Gasteiger charge is -2.32. The Hall–Kier alpha value is -0.960. The monoisotopic (exact) mass is 330 g/mol. The van der Waals surface area contributed by atoms with E-state index in [9.17, 15) is 13.2 Å². The fourth-order valence-corrected chi connectivity index (χ4v) is 5.64. The molecule has 1 aromatic rings. The van der Waals surface area contributed by atoms with Gasteiger partial charge >= 0.3 is 5.97 Å². The van der Waals surface area contributed by atoms with Crippen molar-refractivity contribution in [3.8, 4) is 0 Å². The van der Waals surface area contributed by atoms with Gasteiger partial charge in [-0.1, -0.05) is 6.42 Å². The minimum atomic E-state index is -3.64. The molecular weight excluding hydrogens is 312 g/mol. The Kier molecular flexibility index (Phi) is 4.04. The molecule has 2 N–H and O–H groups in total. The summed E-state index contributed by atoms with van der Waals surface area (Å²) in [7, 11) is -3.64. The summed E-state index contributed by atoms with van der Waals surface area (Å²) >= 11 is 0.936. The first kappa shape index (κ1) is 15.0. The standard InChI is InChI=1S/C13H18N2O4S2/c16-13(17)12-7-9(8-20-12)21(18,19)14-10-4-6-15-5-2-1-3-11(10)15/h7-8,10-11,14H,1-6H2,(H,16,17). The molecule has 0 radical (unpaired) electrons. The zero-order chi connectivity index (χ0) is 15.0. The minimum Gasteiger partial charge on any atom is -0.477 e. The Bertz CT molecular complexity index is 640. The van der Waals surface area contributed by atoms with E-state index in [-0.39, 0.29) is 21.9 Å². The summed E-state index contributed by atoms with van der Waals surface area (Å²) in [6.07, 6.45) is 4.17. The lowest BCUT2D eigenvalue weighted by molar-refractivity contribution is 0.0702. The van der Waals surface area contributed by atoms with Crippen molar-refractivity contribution >= 4 is 27.3 Å². The van der Waals surface area contributed by atoms with E-state index in [1.54, 1.807) is 0 Å². The molecule has 2 atom stereocenters. The molecule has 0 aromatic carbocycles. The average molecular weight is 330 g/mol. The predicted molar refractivity (Wildman–Crippen MR) is 79.2 cm³/mol. The van der Waals surface area contributed by atoms with Gasteiger partial charge in [0.2, 0.25) is 10.0 Å². The van der Waals surface area contributed by atoms with E-state index in [2.05, 4.69) is 9.62 Å². The largest absolute Gasteiger partial charge is 0.477 e. The second-order valence-electron chi connectivity index (χ2n) is 5.57. The van der Waals surface area contributed by atoms with Crippen molar-refractivity contribution < 1.29 is 18.3 Å². The number of hydrogen-bond donors (Lipinski definition) is 2.